The van der Waals surface area contributed by atoms with Crippen LogP contribution in [0, 0.1) is 0 Å². The van der Waals surface area contributed by atoms with Crippen molar-refractivity contribution < 1.29 is 14.7 Å². The second-order valence-corrected chi connectivity index (χ2v) is 4.04. The molecule has 0 aliphatic heterocycles. The fourth-order valence-corrected chi connectivity index (χ4v) is 1.47. The molecule has 0 aliphatic rings. The Morgan fingerprint density at radius 2 is 1.88 bits per heavy atom. The quantitative estimate of drug-likeness (QED) is 0.837. The van der Waals surface area contributed by atoms with Gasteiger partial charge < -0.3 is 10.0 Å². The fourth-order valence-electron chi connectivity index (χ4n) is 1.47. The largest absolute Gasteiger partial charge is 0.480 e. The zero-order valence-corrected chi connectivity index (χ0v) is 10.0. The van der Waals surface area contributed by atoms with Gasteiger partial charge in [0.25, 0.3) is 5.91 Å². The third-order valence-corrected chi connectivity index (χ3v) is 2.57. The highest BCUT2D eigenvalue weighted by atomic mass is 16.4. The lowest BCUT2D eigenvalue weighted by molar-refractivity contribution is -0.147. The number of carbonyl (C=O) groups excluding carboxylic acids is 1. The Labute approximate surface area is 99.3 Å². The molecule has 1 heterocycles. The van der Waals surface area contributed by atoms with Crippen molar-refractivity contribution in [1.82, 2.24) is 14.9 Å². The van der Waals surface area contributed by atoms with E-state index in [2.05, 4.69) is 9.97 Å². The Morgan fingerprint density at radius 3 is 2.29 bits per heavy atom. The number of nitrogens with zero attached hydrogens (tertiary/aromatic N) is 3. The number of aliphatic carboxylic acids is 1. The van der Waals surface area contributed by atoms with E-state index in [4.69, 9.17) is 5.11 Å². The van der Waals surface area contributed by atoms with E-state index < -0.39 is 11.5 Å². The topological polar surface area (TPSA) is 83.4 Å². The smallest absolute Gasteiger partial charge is 0.329 e. The minimum atomic E-state index is -1.26. The highest BCUT2D eigenvalue weighted by Crippen LogP contribution is 2.17. The SMILES string of the molecule is CCN(C(=O)c1cncnc1)C(C)(C)C(=O)O. The first-order valence-electron chi connectivity index (χ1n) is 5.21. The van der Waals surface area contributed by atoms with Crippen LogP contribution in [0.15, 0.2) is 18.7 Å². The molecule has 1 amide bonds. The molecule has 0 fully saturated rings. The molecule has 0 unspecified atom stereocenters. The van der Waals surface area contributed by atoms with Gasteiger partial charge in [0.2, 0.25) is 0 Å². The monoisotopic (exact) mass is 237 g/mol. The van der Waals surface area contributed by atoms with Crippen LogP contribution in [0.1, 0.15) is 31.1 Å². The van der Waals surface area contributed by atoms with Gasteiger partial charge in [-0.2, -0.15) is 0 Å². The molecule has 92 valence electrons. The Balaban J connectivity index is 3.05. The van der Waals surface area contributed by atoms with Crippen molar-refractivity contribution in [2.45, 2.75) is 26.3 Å². The number of amides is 1. The first-order chi connectivity index (χ1) is 7.91. The number of likely N-dealkylation sites (N-methyl/N-ethyl adjacent to an activating group) is 1. The number of hydrogen-bond acceptors (Lipinski definition) is 4. The zero-order valence-electron chi connectivity index (χ0n) is 10.0. The van der Waals surface area contributed by atoms with Crippen molar-refractivity contribution in [2.75, 3.05) is 6.54 Å². The van der Waals surface area contributed by atoms with Gasteiger partial charge in [-0.3, -0.25) is 4.79 Å². The summed E-state index contributed by atoms with van der Waals surface area (Å²) in [5, 5.41) is 9.11. The van der Waals surface area contributed by atoms with E-state index in [0.29, 0.717) is 6.54 Å². The average molecular weight is 237 g/mol. The highest BCUT2D eigenvalue weighted by molar-refractivity contribution is 5.97. The van der Waals surface area contributed by atoms with E-state index >= 15 is 0 Å². The Morgan fingerprint density at radius 1 is 1.35 bits per heavy atom. The number of rotatable bonds is 4. The fraction of sp³-hybridized carbons (Fsp3) is 0.455. The second-order valence-electron chi connectivity index (χ2n) is 4.04. The molecule has 0 aromatic carbocycles. The molecular weight excluding hydrogens is 222 g/mol. The maximum Gasteiger partial charge on any atom is 0.329 e. The summed E-state index contributed by atoms with van der Waals surface area (Å²) in [5.41, 5.74) is -0.981. The van der Waals surface area contributed by atoms with Gasteiger partial charge in [-0.1, -0.05) is 0 Å². The van der Waals surface area contributed by atoms with Gasteiger partial charge in [0.05, 0.1) is 5.56 Å². The molecule has 1 aromatic heterocycles. The summed E-state index contributed by atoms with van der Waals surface area (Å²) in [6.45, 7) is 5.00. The predicted octanol–water partition coefficient (Wildman–Crippen LogP) is 0.802. The van der Waals surface area contributed by atoms with Gasteiger partial charge in [0.15, 0.2) is 0 Å². The molecule has 1 rings (SSSR count). The minimum Gasteiger partial charge on any atom is -0.480 e. The molecule has 0 spiro atoms. The lowest BCUT2D eigenvalue weighted by atomic mass is 10.0. The van der Waals surface area contributed by atoms with E-state index in [1.54, 1.807) is 6.92 Å². The molecule has 6 nitrogen and oxygen atoms in total. The van der Waals surface area contributed by atoms with Crippen LogP contribution in [0.25, 0.3) is 0 Å². The molecule has 1 N–H and O–H groups in total. The maximum absolute atomic E-state index is 12.1. The van der Waals surface area contributed by atoms with Gasteiger partial charge in [0, 0.05) is 18.9 Å². The van der Waals surface area contributed by atoms with E-state index in [1.165, 1.54) is 37.5 Å². The minimum absolute atomic E-state index is 0.281. The highest BCUT2D eigenvalue weighted by Gasteiger charge is 2.37. The maximum atomic E-state index is 12.1. The summed E-state index contributed by atoms with van der Waals surface area (Å²) in [6.07, 6.45) is 4.06. The van der Waals surface area contributed by atoms with Gasteiger partial charge >= 0.3 is 5.97 Å². The lowest BCUT2D eigenvalue weighted by Crippen LogP contribution is -2.52. The first-order valence-corrected chi connectivity index (χ1v) is 5.21. The first kappa shape index (κ1) is 13.1. The van der Waals surface area contributed by atoms with E-state index in [0.717, 1.165) is 0 Å². The molecule has 0 atom stereocenters. The standard InChI is InChI=1S/C11H15N3O3/c1-4-14(11(2,3)10(16)17)9(15)8-5-12-7-13-6-8/h5-7H,4H2,1-3H3,(H,16,17). The average Bonchev–Trinajstić information content (AvgIpc) is 2.30. The predicted molar refractivity (Wildman–Crippen MR) is 60.5 cm³/mol. The third kappa shape index (κ3) is 2.58. The van der Waals surface area contributed by atoms with Crippen molar-refractivity contribution in [3.63, 3.8) is 0 Å². The molecule has 0 radical (unpaired) electrons. The van der Waals surface area contributed by atoms with Crippen molar-refractivity contribution >= 4 is 11.9 Å². The second kappa shape index (κ2) is 4.90. The van der Waals surface area contributed by atoms with Gasteiger partial charge in [0.1, 0.15) is 11.9 Å². The van der Waals surface area contributed by atoms with Crippen LogP contribution in [0.3, 0.4) is 0 Å². The van der Waals surface area contributed by atoms with Gasteiger partial charge in [-0.05, 0) is 20.8 Å². The number of carboxylic acids is 1. The van der Waals surface area contributed by atoms with Crippen molar-refractivity contribution in [1.29, 1.82) is 0 Å². The molecule has 6 heteroatoms. The molecule has 0 bridgehead atoms. The Bertz CT molecular complexity index is 417. The van der Waals surface area contributed by atoms with Crippen LogP contribution in [0.5, 0.6) is 0 Å². The van der Waals surface area contributed by atoms with Crippen molar-refractivity contribution in [2.24, 2.45) is 0 Å². The molecular formula is C11H15N3O3. The summed E-state index contributed by atoms with van der Waals surface area (Å²) in [5.74, 6) is -1.44. The Hall–Kier alpha value is -1.98. The normalized spacial score (nSPS) is 11.0. The third-order valence-electron chi connectivity index (χ3n) is 2.57. The zero-order chi connectivity index (χ0) is 13.1. The number of hydrogen-bond donors (Lipinski definition) is 1. The van der Waals surface area contributed by atoms with Crippen LogP contribution >= 0.6 is 0 Å². The summed E-state index contributed by atoms with van der Waals surface area (Å²) in [6, 6.07) is 0. The van der Waals surface area contributed by atoms with Crippen molar-refractivity contribution in [3.8, 4) is 0 Å². The van der Waals surface area contributed by atoms with Crippen LogP contribution in [0.4, 0.5) is 0 Å². The van der Waals surface area contributed by atoms with E-state index in [-0.39, 0.29) is 11.5 Å². The number of aromatic nitrogens is 2. The van der Waals surface area contributed by atoms with Crippen LogP contribution in [-0.4, -0.2) is 43.9 Å². The summed E-state index contributed by atoms with van der Waals surface area (Å²) in [4.78, 5) is 32.0. The van der Waals surface area contributed by atoms with Crippen LogP contribution in [-0.2, 0) is 4.79 Å². The summed E-state index contributed by atoms with van der Waals surface area (Å²) >= 11 is 0. The molecule has 1 aromatic rings. The summed E-state index contributed by atoms with van der Waals surface area (Å²) < 4.78 is 0. The van der Waals surface area contributed by atoms with Crippen molar-refractivity contribution in [3.05, 3.63) is 24.3 Å². The molecule has 17 heavy (non-hydrogen) atoms. The van der Waals surface area contributed by atoms with E-state index in [1.807, 2.05) is 0 Å². The Kier molecular flexibility index (Phi) is 3.77. The lowest BCUT2D eigenvalue weighted by Gasteiger charge is -2.34. The van der Waals surface area contributed by atoms with Crippen LogP contribution in [0.2, 0.25) is 0 Å². The van der Waals surface area contributed by atoms with Gasteiger partial charge in [-0.15, -0.1) is 0 Å². The van der Waals surface area contributed by atoms with Crippen LogP contribution < -0.4 is 0 Å². The number of carboxylic acid groups (broad SMARTS) is 1. The van der Waals surface area contributed by atoms with E-state index in [9.17, 15) is 9.59 Å². The molecule has 0 saturated heterocycles. The number of carbonyl (C=O) groups is 2. The molecule has 0 aliphatic carbocycles. The molecule has 0 saturated carbocycles. The summed E-state index contributed by atoms with van der Waals surface area (Å²) in [7, 11) is 0. The van der Waals surface area contributed by atoms with Gasteiger partial charge in [-0.25, -0.2) is 14.8 Å².